The fraction of sp³-hybridized carbons (Fsp3) is 0.235. The molecule has 0 bridgehead atoms. The van der Waals surface area contributed by atoms with Crippen molar-refractivity contribution >= 4 is 43.4 Å². The minimum atomic E-state index is 0.814. The SMILES string of the molecule is Brc1ccc2c(ccn2-c2cccnc2)c1.C1COCCN1.c1cncc(-n2ccc3cc(N4CCOCC4)ccc32)c1. The molecular formula is C34H35BrN6O2. The van der Waals surface area contributed by atoms with Crippen molar-refractivity contribution in [3.05, 3.63) is 114 Å². The summed E-state index contributed by atoms with van der Waals surface area (Å²) in [6.45, 7) is 7.40. The van der Waals surface area contributed by atoms with Crippen LogP contribution in [0.25, 0.3) is 33.2 Å². The summed E-state index contributed by atoms with van der Waals surface area (Å²) in [5.74, 6) is 0. The van der Waals surface area contributed by atoms with Crippen molar-refractivity contribution in [1.29, 1.82) is 0 Å². The average molecular weight is 640 g/mol. The Labute approximate surface area is 260 Å². The topological polar surface area (TPSA) is 69.4 Å². The predicted molar refractivity (Wildman–Crippen MR) is 177 cm³/mol. The quantitative estimate of drug-likeness (QED) is 0.247. The standard InChI is InChI=1S/C17H17N3O.C13H9BrN2.C4H9NO/c1-2-16(13-18-6-1)20-7-5-14-12-15(3-4-17(14)20)19-8-10-21-11-9-19;14-11-3-4-13-10(8-11)5-7-16(13)12-2-1-6-15-9-12;1-3-6-4-2-5-1/h1-7,12-13H,8-11H2;1-9H;5H,1-4H2. The van der Waals surface area contributed by atoms with Crippen LogP contribution in [-0.4, -0.2) is 71.7 Å². The lowest BCUT2D eigenvalue weighted by Gasteiger charge is -2.28. The number of aromatic nitrogens is 4. The minimum absolute atomic E-state index is 0.814. The van der Waals surface area contributed by atoms with E-state index in [2.05, 4.69) is 118 Å². The van der Waals surface area contributed by atoms with E-state index in [0.29, 0.717) is 0 Å². The maximum atomic E-state index is 5.42. The van der Waals surface area contributed by atoms with E-state index >= 15 is 0 Å². The molecule has 6 aromatic rings. The third-order valence-corrected chi connectivity index (χ3v) is 7.89. The Morgan fingerprint density at radius 2 is 1.21 bits per heavy atom. The predicted octanol–water partition coefficient (Wildman–Crippen LogP) is 6.26. The van der Waals surface area contributed by atoms with Gasteiger partial charge in [-0.05, 0) is 72.8 Å². The lowest BCUT2D eigenvalue weighted by molar-refractivity contribution is 0.109. The van der Waals surface area contributed by atoms with E-state index in [4.69, 9.17) is 9.47 Å². The molecular weight excluding hydrogens is 604 g/mol. The lowest BCUT2D eigenvalue weighted by Crippen LogP contribution is -2.36. The second-order valence-corrected chi connectivity index (χ2v) is 11.1. The maximum Gasteiger partial charge on any atom is 0.0642 e. The normalized spacial score (nSPS) is 15.0. The van der Waals surface area contributed by atoms with E-state index < -0.39 is 0 Å². The van der Waals surface area contributed by atoms with Gasteiger partial charge in [-0.3, -0.25) is 9.97 Å². The number of morpholine rings is 2. The molecule has 8 nitrogen and oxygen atoms in total. The van der Waals surface area contributed by atoms with Crippen LogP contribution in [0.5, 0.6) is 0 Å². The number of ether oxygens (including phenoxy) is 2. The molecule has 6 heterocycles. The van der Waals surface area contributed by atoms with Crippen LogP contribution in [0.4, 0.5) is 5.69 Å². The van der Waals surface area contributed by atoms with Gasteiger partial charge < -0.3 is 28.8 Å². The summed E-state index contributed by atoms with van der Waals surface area (Å²) in [6, 6.07) is 25.2. The highest BCUT2D eigenvalue weighted by atomic mass is 79.9. The van der Waals surface area contributed by atoms with Crippen LogP contribution in [-0.2, 0) is 9.47 Å². The molecule has 0 unspecified atom stereocenters. The van der Waals surface area contributed by atoms with Crippen LogP contribution >= 0.6 is 15.9 Å². The molecule has 43 heavy (non-hydrogen) atoms. The monoisotopic (exact) mass is 638 g/mol. The van der Waals surface area contributed by atoms with Crippen LogP contribution in [0.15, 0.2) is 114 Å². The third-order valence-electron chi connectivity index (χ3n) is 7.40. The highest BCUT2D eigenvalue weighted by Crippen LogP contribution is 2.26. The number of anilines is 1. The first-order valence-corrected chi connectivity index (χ1v) is 15.4. The molecule has 2 fully saturated rings. The van der Waals surface area contributed by atoms with Gasteiger partial charge in [-0.25, -0.2) is 0 Å². The van der Waals surface area contributed by atoms with Crippen molar-refractivity contribution in [2.75, 3.05) is 57.5 Å². The molecule has 0 radical (unpaired) electrons. The Bertz CT molecular complexity index is 1720. The molecule has 0 amide bonds. The molecule has 0 spiro atoms. The number of pyridine rings is 2. The molecule has 4 aromatic heterocycles. The van der Waals surface area contributed by atoms with Crippen molar-refractivity contribution in [3.63, 3.8) is 0 Å². The van der Waals surface area contributed by atoms with Gasteiger partial charge in [0.25, 0.3) is 0 Å². The summed E-state index contributed by atoms with van der Waals surface area (Å²) in [5, 5.41) is 5.63. The molecule has 2 aliphatic rings. The fourth-order valence-electron chi connectivity index (χ4n) is 5.22. The summed E-state index contributed by atoms with van der Waals surface area (Å²) in [5.41, 5.74) is 5.84. The Morgan fingerprint density at radius 3 is 1.74 bits per heavy atom. The van der Waals surface area contributed by atoms with Gasteiger partial charge in [-0.15, -0.1) is 0 Å². The molecule has 0 aliphatic carbocycles. The second kappa shape index (κ2) is 14.4. The summed E-state index contributed by atoms with van der Waals surface area (Å²) in [7, 11) is 0. The molecule has 0 saturated carbocycles. The second-order valence-electron chi connectivity index (χ2n) is 10.2. The third kappa shape index (κ3) is 7.32. The molecule has 2 aromatic carbocycles. The first kappa shape index (κ1) is 29.1. The summed E-state index contributed by atoms with van der Waals surface area (Å²) in [4.78, 5) is 10.7. The van der Waals surface area contributed by atoms with Gasteiger partial charge in [0.2, 0.25) is 0 Å². The molecule has 1 N–H and O–H groups in total. The van der Waals surface area contributed by atoms with E-state index in [0.717, 1.165) is 68.5 Å². The average Bonchev–Trinajstić information content (AvgIpc) is 3.71. The Kier molecular flexibility index (Phi) is 9.76. The molecule has 0 atom stereocenters. The smallest absolute Gasteiger partial charge is 0.0642 e. The number of nitrogens with zero attached hydrogens (tertiary/aromatic N) is 5. The highest BCUT2D eigenvalue weighted by Gasteiger charge is 2.12. The number of nitrogens with one attached hydrogen (secondary N) is 1. The molecule has 8 rings (SSSR count). The van der Waals surface area contributed by atoms with E-state index in [1.54, 1.807) is 12.4 Å². The number of fused-ring (bicyclic) bond motifs is 2. The van der Waals surface area contributed by atoms with Crippen molar-refractivity contribution in [2.24, 2.45) is 0 Å². The van der Waals surface area contributed by atoms with Gasteiger partial charge in [-0.2, -0.15) is 0 Å². The van der Waals surface area contributed by atoms with E-state index in [-0.39, 0.29) is 0 Å². The van der Waals surface area contributed by atoms with Crippen LogP contribution in [0, 0.1) is 0 Å². The van der Waals surface area contributed by atoms with Crippen LogP contribution in [0.1, 0.15) is 0 Å². The maximum absolute atomic E-state index is 5.42. The number of hydrogen-bond acceptors (Lipinski definition) is 6. The first-order valence-electron chi connectivity index (χ1n) is 14.6. The molecule has 2 saturated heterocycles. The summed E-state index contributed by atoms with van der Waals surface area (Å²) in [6.07, 6.45) is 11.5. The van der Waals surface area contributed by atoms with Crippen molar-refractivity contribution < 1.29 is 9.47 Å². The van der Waals surface area contributed by atoms with Crippen LogP contribution < -0.4 is 10.2 Å². The van der Waals surface area contributed by atoms with Crippen LogP contribution in [0.2, 0.25) is 0 Å². The van der Waals surface area contributed by atoms with E-state index in [9.17, 15) is 0 Å². The van der Waals surface area contributed by atoms with Gasteiger partial charge in [0.1, 0.15) is 0 Å². The number of benzene rings is 2. The molecule has 2 aliphatic heterocycles. The van der Waals surface area contributed by atoms with E-state index in [1.807, 2.05) is 24.5 Å². The Morgan fingerprint density at radius 1 is 0.628 bits per heavy atom. The zero-order valence-corrected chi connectivity index (χ0v) is 25.6. The number of hydrogen-bond donors (Lipinski definition) is 1. The Balaban J connectivity index is 0.000000132. The molecule has 220 valence electrons. The van der Waals surface area contributed by atoms with Crippen molar-refractivity contribution in [3.8, 4) is 11.4 Å². The van der Waals surface area contributed by atoms with Gasteiger partial charge in [0.15, 0.2) is 0 Å². The summed E-state index contributed by atoms with van der Waals surface area (Å²) < 4.78 is 15.8. The summed E-state index contributed by atoms with van der Waals surface area (Å²) >= 11 is 3.48. The van der Waals surface area contributed by atoms with Gasteiger partial charge in [0.05, 0.1) is 61.2 Å². The van der Waals surface area contributed by atoms with Crippen LogP contribution in [0.3, 0.4) is 0 Å². The number of halogens is 1. The molecule has 9 heteroatoms. The zero-order valence-electron chi connectivity index (χ0n) is 24.0. The zero-order chi connectivity index (χ0) is 29.3. The Hall–Kier alpha value is -4.02. The lowest BCUT2D eigenvalue weighted by atomic mass is 10.2. The van der Waals surface area contributed by atoms with Gasteiger partial charge in [0, 0.05) is 71.9 Å². The van der Waals surface area contributed by atoms with E-state index in [1.165, 1.54) is 27.5 Å². The minimum Gasteiger partial charge on any atom is -0.379 e. The highest BCUT2D eigenvalue weighted by molar-refractivity contribution is 9.10. The van der Waals surface area contributed by atoms with Gasteiger partial charge in [-0.1, -0.05) is 15.9 Å². The van der Waals surface area contributed by atoms with Crippen molar-refractivity contribution in [1.82, 2.24) is 24.4 Å². The van der Waals surface area contributed by atoms with Crippen molar-refractivity contribution in [2.45, 2.75) is 0 Å². The van der Waals surface area contributed by atoms with Gasteiger partial charge >= 0.3 is 0 Å². The number of rotatable bonds is 3. The first-order chi connectivity index (χ1) is 21.3. The largest absolute Gasteiger partial charge is 0.379 e. The fourth-order valence-corrected chi connectivity index (χ4v) is 5.60.